The second-order valence-corrected chi connectivity index (χ2v) is 5.33. The number of rotatable bonds is 2. The van der Waals surface area contributed by atoms with Crippen LogP contribution in [0.25, 0.3) is 11.0 Å². The average Bonchev–Trinajstić information content (AvgIpc) is 2.83. The highest BCUT2D eigenvalue weighted by Gasteiger charge is 2.25. The lowest BCUT2D eigenvalue weighted by molar-refractivity contribution is -0.384. The summed E-state index contributed by atoms with van der Waals surface area (Å²) in [5.41, 5.74) is 1.53. The molecular formula is C13H17N5O2. The van der Waals surface area contributed by atoms with E-state index < -0.39 is 4.92 Å². The smallest absolute Gasteiger partial charge is 0.271 e. The molecule has 1 aliphatic rings. The fourth-order valence-electron chi connectivity index (χ4n) is 2.55. The van der Waals surface area contributed by atoms with E-state index in [0.717, 1.165) is 24.6 Å². The molecule has 7 nitrogen and oxygen atoms in total. The van der Waals surface area contributed by atoms with Crippen molar-refractivity contribution in [3.63, 3.8) is 0 Å². The fourth-order valence-corrected chi connectivity index (χ4v) is 2.55. The Morgan fingerprint density at radius 2 is 2.25 bits per heavy atom. The summed E-state index contributed by atoms with van der Waals surface area (Å²) in [5.74, 6) is 0.779. The van der Waals surface area contributed by atoms with Gasteiger partial charge in [-0.3, -0.25) is 10.1 Å². The molecule has 1 aliphatic heterocycles. The number of H-pyrrole nitrogens is 1. The molecular weight excluding hydrogens is 258 g/mol. The van der Waals surface area contributed by atoms with E-state index in [0.29, 0.717) is 17.6 Å². The molecule has 0 spiro atoms. The predicted octanol–water partition coefficient (Wildman–Crippen LogP) is 1.66. The van der Waals surface area contributed by atoms with Crippen LogP contribution in [0.1, 0.15) is 13.8 Å². The molecule has 0 radical (unpaired) electrons. The van der Waals surface area contributed by atoms with Gasteiger partial charge in [0, 0.05) is 37.3 Å². The van der Waals surface area contributed by atoms with Crippen molar-refractivity contribution in [1.29, 1.82) is 0 Å². The minimum absolute atomic E-state index is 0.0782. The Morgan fingerprint density at radius 1 is 1.45 bits per heavy atom. The molecule has 0 amide bonds. The van der Waals surface area contributed by atoms with Crippen LogP contribution in [-0.2, 0) is 0 Å². The highest BCUT2D eigenvalue weighted by molar-refractivity contribution is 5.80. The van der Waals surface area contributed by atoms with Crippen LogP contribution in [0.4, 0.5) is 11.6 Å². The molecule has 1 saturated heterocycles. The van der Waals surface area contributed by atoms with Crippen molar-refractivity contribution in [2.75, 3.05) is 18.0 Å². The Hall–Kier alpha value is -2.15. The molecule has 2 unspecified atom stereocenters. The molecule has 2 N–H and O–H groups in total. The molecule has 0 saturated carbocycles. The van der Waals surface area contributed by atoms with Gasteiger partial charge in [-0.1, -0.05) is 0 Å². The van der Waals surface area contributed by atoms with Crippen molar-refractivity contribution in [3.05, 3.63) is 28.3 Å². The third kappa shape index (κ3) is 2.20. The van der Waals surface area contributed by atoms with E-state index in [-0.39, 0.29) is 5.69 Å². The third-order valence-electron chi connectivity index (χ3n) is 3.70. The second kappa shape index (κ2) is 4.75. The summed E-state index contributed by atoms with van der Waals surface area (Å²) in [6, 6.07) is 5.43. The number of piperazine rings is 1. The van der Waals surface area contributed by atoms with Crippen LogP contribution >= 0.6 is 0 Å². The zero-order valence-corrected chi connectivity index (χ0v) is 11.5. The number of imidazole rings is 1. The first-order valence-electron chi connectivity index (χ1n) is 6.69. The summed E-state index contributed by atoms with van der Waals surface area (Å²) in [4.78, 5) is 20.3. The van der Waals surface area contributed by atoms with Crippen LogP contribution in [0.5, 0.6) is 0 Å². The zero-order chi connectivity index (χ0) is 14.3. The molecule has 1 fully saturated rings. The highest BCUT2D eigenvalue weighted by atomic mass is 16.6. The number of anilines is 1. The van der Waals surface area contributed by atoms with Crippen LogP contribution in [0.3, 0.4) is 0 Å². The number of non-ortho nitro benzene ring substituents is 1. The van der Waals surface area contributed by atoms with Crippen molar-refractivity contribution >= 4 is 22.7 Å². The van der Waals surface area contributed by atoms with Crippen LogP contribution in [0, 0.1) is 10.1 Å². The van der Waals surface area contributed by atoms with Crippen molar-refractivity contribution < 1.29 is 4.92 Å². The molecule has 2 aromatic rings. The molecule has 3 rings (SSSR count). The molecule has 106 valence electrons. The lowest BCUT2D eigenvalue weighted by Gasteiger charge is -2.37. The standard InChI is InChI=1S/C13H17N5O2/c1-8-7-17(9(2)6-14-8)13-15-11-4-3-10(18(19)20)5-12(11)16-13/h3-5,8-9,14H,6-7H2,1-2H3,(H,15,16). The average molecular weight is 275 g/mol. The summed E-state index contributed by atoms with van der Waals surface area (Å²) >= 11 is 0. The number of aromatic nitrogens is 2. The van der Waals surface area contributed by atoms with Crippen molar-refractivity contribution in [1.82, 2.24) is 15.3 Å². The Labute approximate surface area is 116 Å². The second-order valence-electron chi connectivity index (χ2n) is 5.33. The monoisotopic (exact) mass is 275 g/mol. The quantitative estimate of drug-likeness (QED) is 0.643. The van der Waals surface area contributed by atoms with Crippen molar-refractivity contribution in [2.45, 2.75) is 25.9 Å². The van der Waals surface area contributed by atoms with Gasteiger partial charge in [0.1, 0.15) is 0 Å². The molecule has 0 aliphatic carbocycles. The highest BCUT2D eigenvalue weighted by Crippen LogP contribution is 2.24. The minimum atomic E-state index is -0.393. The number of aromatic amines is 1. The zero-order valence-electron chi connectivity index (χ0n) is 11.5. The SMILES string of the molecule is CC1CN(c2nc3ccc([N+](=O)[O-])cc3[nH]2)C(C)CN1. The fraction of sp³-hybridized carbons (Fsp3) is 0.462. The number of benzene rings is 1. The number of nitrogens with zero attached hydrogens (tertiary/aromatic N) is 3. The number of hydrogen-bond acceptors (Lipinski definition) is 5. The molecule has 7 heteroatoms. The van der Waals surface area contributed by atoms with E-state index in [4.69, 9.17) is 0 Å². The normalized spacial score (nSPS) is 23.2. The molecule has 2 heterocycles. The topological polar surface area (TPSA) is 87.1 Å². The minimum Gasteiger partial charge on any atom is -0.337 e. The number of hydrogen-bond donors (Lipinski definition) is 2. The summed E-state index contributed by atoms with van der Waals surface area (Å²) < 4.78 is 0. The van der Waals surface area contributed by atoms with Gasteiger partial charge >= 0.3 is 0 Å². The maximum absolute atomic E-state index is 10.8. The summed E-state index contributed by atoms with van der Waals surface area (Å²) in [6.45, 7) is 6.03. The van der Waals surface area contributed by atoms with E-state index in [1.165, 1.54) is 12.1 Å². The number of nitro groups is 1. The molecule has 1 aromatic carbocycles. The summed E-state index contributed by atoms with van der Waals surface area (Å²) in [6.07, 6.45) is 0. The van der Waals surface area contributed by atoms with Gasteiger partial charge in [0.2, 0.25) is 5.95 Å². The van der Waals surface area contributed by atoms with Crippen molar-refractivity contribution in [2.24, 2.45) is 0 Å². The lowest BCUT2D eigenvalue weighted by atomic mass is 10.1. The van der Waals surface area contributed by atoms with E-state index in [1.54, 1.807) is 6.07 Å². The van der Waals surface area contributed by atoms with Crippen molar-refractivity contribution in [3.8, 4) is 0 Å². The van der Waals surface area contributed by atoms with Gasteiger partial charge in [-0.25, -0.2) is 4.98 Å². The Kier molecular flexibility index (Phi) is 3.06. The largest absolute Gasteiger partial charge is 0.337 e. The molecule has 20 heavy (non-hydrogen) atoms. The van der Waals surface area contributed by atoms with Gasteiger partial charge < -0.3 is 15.2 Å². The van der Waals surface area contributed by atoms with Crippen LogP contribution in [0.2, 0.25) is 0 Å². The summed E-state index contributed by atoms with van der Waals surface area (Å²) in [5, 5.41) is 14.2. The van der Waals surface area contributed by atoms with Gasteiger partial charge in [0.25, 0.3) is 5.69 Å². The van der Waals surface area contributed by atoms with Gasteiger partial charge in [0.15, 0.2) is 0 Å². The summed E-state index contributed by atoms with van der Waals surface area (Å²) in [7, 11) is 0. The number of fused-ring (bicyclic) bond motifs is 1. The first kappa shape index (κ1) is 12.9. The van der Waals surface area contributed by atoms with Gasteiger partial charge in [-0.2, -0.15) is 0 Å². The Bertz CT molecular complexity index is 653. The lowest BCUT2D eigenvalue weighted by Crippen LogP contribution is -2.54. The van der Waals surface area contributed by atoms with Gasteiger partial charge in [-0.05, 0) is 19.9 Å². The maximum Gasteiger partial charge on any atom is 0.271 e. The van der Waals surface area contributed by atoms with E-state index in [1.807, 2.05) is 0 Å². The molecule has 1 aromatic heterocycles. The van der Waals surface area contributed by atoms with E-state index in [9.17, 15) is 10.1 Å². The third-order valence-corrected chi connectivity index (χ3v) is 3.70. The molecule has 2 atom stereocenters. The predicted molar refractivity (Wildman–Crippen MR) is 77.0 cm³/mol. The first-order valence-corrected chi connectivity index (χ1v) is 6.69. The van der Waals surface area contributed by atoms with E-state index in [2.05, 4.69) is 34.0 Å². The van der Waals surface area contributed by atoms with Crippen LogP contribution in [-0.4, -0.2) is 40.1 Å². The number of nitro benzene ring substituents is 1. The Balaban J connectivity index is 1.97. The van der Waals surface area contributed by atoms with E-state index >= 15 is 0 Å². The van der Waals surface area contributed by atoms with Crippen LogP contribution in [0.15, 0.2) is 18.2 Å². The van der Waals surface area contributed by atoms with Crippen LogP contribution < -0.4 is 10.2 Å². The Morgan fingerprint density at radius 3 is 3.00 bits per heavy atom. The first-order chi connectivity index (χ1) is 9.54. The van der Waals surface area contributed by atoms with Gasteiger partial charge in [-0.15, -0.1) is 0 Å². The maximum atomic E-state index is 10.8. The van der Waals surface area contributed by atoms with Gasteiger partial charge in [0.05, 0.1) is 16.0 Å². The number of nitrogens with one attached hydrogen (secondary N) is 2. The molecule has 0 bridgehead atoms.